The van der Waals surface area contributed by atoms with Crippen LogP contribution in [0, 0.1) is 5.92 Å². The zero-order valence-corrected chi connectivity index (χ0v) is 13.5. The van der Waals surface area contributed by atoms with Crippen LogP contribution in [0.4, 0.5) is 0 Å². The highest BCUT2D eigenvalue weighted by Crippen LogP contribution is 2.32. The summed E-state index contributed by atoms with van der Waals surface area (Å²) >= 11 is 1.90. The zero-order valence-electron chi connectivity index (χ0n) is 12.6. The molecule has 0 radical (unpaired) electrons. The molecule has 112 valence electrons. The largest absolute Gasteiger partial charge is 0.490 e. The summed E-state index contributed by atoms with van der Waals surface area (Å²) < 4.78 is 11.4. The third kappa shape index (κ3) is 4.32. The molecule has 3 nitrogen and oxygen atoms in total. The summed E-state index contributed by atoms with van der Waals surface area (Å²) in [5.41, 5.74) is 1.26. The van der Waals surface area contributed by atoms with Gasteiger partial charge in [0.1, 0.15) is 0 Å². The predicted octanol–water partition coefficient (Wildman–Crippen LogP) is 3.50. The molecule has 1 N–H and O–H groups in total. The maximum atomic E-state index is 5.75. The van der Waals surface area contributed by atoms with E-state index in [1.807, 2.05) is 17.8 Å². The van der Waals surface area contributed by atoms with Crippen LogP contribution in [0.25, 0.3) is 0 Å². The molecule has 4 heteroatoms. The summed E-state index contributed by atoms with van der Waals surface area (Å²) in [6, 6.07) is 6.60. The summed E-state index contributed by atoms with van der Waals surface area (Å²) in [6.07, 6.45) is 3.10. The van der Waals surface area contributed by atoms with Gasteiger partial charge in [-0.05, 0) is 49.1 Å². The fourth-order valence-corrected chi connectivity index (χ4v) is 2.98. The molecular weight excluding hydrogens is 270 g/mol. The number of hydrogen-bond acceptors (Lipinski definition) is 4. The Labute approximate surface area is 126 Å². The molecule has 1 heterocycles. The Morgan fingerprint density at radius 1 is 1.20 bits per heavy atom. The minimum absolute atomic E-state index is 0.330. The van der Waals surface area contributed by atoms with Gasteiger partial charge >= 0.3 is 0 Å². The first-order valence-corrected chi connectivity index (χ1v) is 8.72. The van der Waals surface area contributed by atoms with Gasteiger partial charge in [0, 0.05) is 12.5 Å². The summed E-state index contributed by atoms with van der Waals surface area (Å²) in [6.45, 7) is 7.00. The van der Waals surface area contributed by atoms with Gasteiger partial charge in [-0.1, -0.05) is 13.0 Å². The van der Waals surface area contributed by atoms with E-state index in [2.05, 4.69) is 37.6 Å². The van der Waals surface area contributed by atoms with Crippen molar-refractivity contribution in [3.8, 4) is 11.5 Å². The van der Waals surface area contributed by atoms with E-state index in [0.29, 0.717) is 12.0 Å². The standard InChI is InChI=1S/C16H25NO2S/c1-12(11-20-3)10-17-13(2)14-5-6-15-16(9-14)19-8-4-7-18-15/h5-6,9,12-13,17H,4,7-8,10-11H2,1-3H3. The molecule has 0 aromatic heterocycles. The molecule has 0 fully saturated rings. The Balaban J connectivity index is 1.96. The van der Waals surface area contributed by atoms with Crippen LogP contribution in [-0.2, 0) is 0 Å². The van der Waals surface area contributed by atoms with E-state index in [1.165, 1.54) is 11.3 Å². The monoisotopic (exact) mass is 295 g/mol. The highest BCUT2D eigenvalue weighted by Gasteiger charge is 2.14. The van der Waals surface area contributed by atoms with E-state index in [9.17, 15) is 0 Å². The second-order valence-electron chi connectivity index (χ2n) is 5.45. The summed E-state index contributed by atoms with van der Waals surface area (Å²) in [5.74, 6) is 3.63. The second-order valence-corrected chi connectivity index (χ2v) is 6.36. The number of ether oxygens (including phenoxy) is 2. The van der Waals surface area contributed by atoms with E-state index in [4.69, 9.17) is 9.47 Å². The van der Waals surface area contributed by atoms with Gasteiger partial charge in [0.05, 0.1) is 13.2 Å². The van der Waals surface area contributed by atoms with Crippen LogP contribution in [0.15, 0.2) is 18.2 Å². The van der Waals surface area contributed by atoms with Gasteiger partial charge in [-0.2, -0.15) is 11.8 Å². The summed E-state index contributed by atoms with van der Waals surface area (Å²) in [5, 5.41) is 3.60. The van der Waals surface area contributed by atoms with Crippen LogP contribution in [0.3, 0.4) is 0 Å². The molecule has 20 heavy (non-hydrogen) atoms. The normalized spacial score (nSPS) is 17.4. The third-order valence-corrected chi connectivity index (χ3v) is 4.40. The van der Waals surface area contributed by atoms with E-state index in [1.54, 1.807) is 0 Å². The lowest BCUT2D eigenvalue weighted by Gasteiger charge is -2.19. The average Bonchev–Trinajstić information content (AvgIpc) is 2.69. The van der Waals surface area contributed by atoms with Crippen molar-refractivity contribution in [3.63, 3.8) is 0 Å². The van der Waals surface area contributed by atoms with Crippen molar-refractivity contribution >= 4 is 11.8 Å². The fourth-order valence-electron chi connectivity index (χ4n) is 2.29. The number of benzene rings is 1. The van der Waals surface area contributed by atoms with Crippen molar-refractivity contribution in [2.24, 2.45) is 5.92 Å². The molecule has 1 aromatic carbocycles. The Morgan fingerprint density at radius 2 is 1.95 bits per heavy atom. The minimum atomic E-state index is 0.330. The SMILES string of the molecule is CSCC(C)CNC(C)c1ccc2c(c1)OCCCO2. The molecule has 0 spiro atoms. The first kappa shape index (κ1) is 15.5. The van der Waals surface area contributed by atoms with Crippen LogP contribution >= 0.6 is 11.8 Å². The molecule has 0 saturated carbocycles. The van der Waals surface area contributed by atoms with Gasteiger partial charge in [-0.15, -0.1) is 0 Å². The average molecular weight is 295 g/mol. The highest BCUT2D eigenvalue weighted by molar-refractivity contribution is 7.98. The number of thioether (sulfide) groups is 1. The number of hydrogen-bond donors (Lipinski definition) is 1. The van der Waals surface area contributed by atoms with Crippen LogP contribution < -0.4 is 14.8 Å². The summed E-state index contributed by atoms with van der Waals surface area (Å²) in [4.78, 5) is 0. The Hall–Kier alpha value is -0.870. The molecule has 2 rings (SSSR count). The van der Waals surface area contributed by atoms with E-state index in [-0.39, 0.29) is 0 Å². The summed E-state index contributed by atoms with van der Waals surface area (Å²) in [7, 11) is 0. The van der Waals surface area contributed by atoms with E-state index >= 15 is 0 Å². The van der Waals surface area contributed by atoms with Gasteiger partial charge in [-0.3, -0.25) is 0 Å². The maximum absolute atomic E-state index is 5.75. The first-order valence-electron chi connectivity index (χ1n) is 7.32. The predicted molar refractivity (Wildman–Crippen MR) is 86.0 cm³/mol. The fraction of sp³-hybridized carbons (Fsp3) is 0.625. The van der Waals surface area contributed by atoms with Gasteiger partial charge in [0.25, 0.3) is 0 Å². The smallest absolute Gasteiger partial charge is 0.161 e. The molecule has 1 aliphatic heterocycles. The van der Waals surface area contributed by atoms with E-state index < -0.39 is 0 Å². The van der Waals surface area contributed by atoms with Gasteiger partial charge in [-0.25, -0.2) is 0 Å². The maximum Gasteiger partial charge on any atom is 0.161 e. The van der Waals surface area contributed by atoms with Crippen LogP contribution in [0.2, 0.25) is 0 Å². The van der Waals surface area contributed by atoms with Crippen LogP contribution in [-0.4, -0.2) is 31.8 Å². The number of fused-ring (bicyclic) bond motifs is 1. The van der Waals surface area contributed by atoms with Crippen molar-refractivity contribution in [2.75, 3.05) is 31.8 Å². The van der Waals surface area contributed by atoms with Crippen LogP contribution in [0.1, 0.15) is 31.9 Å². The van der Waals surface area contributed by atoms with Gasteiger partial charge < -0.3 is 14.8 Å². The lowest BCUT2D eigenvalue weighted by Crippen LogP contribution is -2.25. The molecule has 0 saturated heterocycles. The molecule has 0 bridgehead atoms. The number of nitrogens with one attached hydrogen (secondary N) is 1. The Bertz CT molecular complexity index is 425. The van der Waals surface area contributed by atoms with Crippen LogP contribution in [0.5, 0.6) is 11.5 Å². The zero-order chi connectivity index (χ0) is 14.4. The topological polar surface area (TPSA) is 30.5 Å². The van der Waals surface area contributed by atoms with Crippen molar-refractivity contribution in [2.45, 2.75) is 26.3 Å². The van der Waals surface area contributed by atoms with Crippen molar-refractivity contribution in [1.82, 2.24) is 5.32 Å². The third-order valence-electron chi connectivity index (χ3n) is 3.50. The lowest BCUT2D eigenvalue weighted by molar-refractivity contribution is 0.297. The molecule has 2 atom stereocenters. The van der Waals surface area contributed by atoms with Crippen molar-refractivity contribution < 1.29 is 9.47 Å². The molecule has 1 aromatic rings. The highest BCUT2D eigenvalue weighted by atomic mass is 32.2. The van der Waals surface area contributed by atoms with Gasteiger partial charge in [0.2, 0.25) is 0 Å². The Morgan fingerprint density at radius 3 is 2.70 bits per heavy atom. The molecular formula is C16H25NO2S. The number of rotatable bonds is 6. The molecule has 2 unspecified atom stereocenters. The van der Waals surface area contributed by atoms with Crippen molar-refractivity contribution in [1.29, 1.82) is 0 Å². The second kappa shape index (κ2) is 7.79. The first-order chi connectivity index (χ1) is 9.70. The quantitative estimate of drug-likeness (QED) is 0.870. The lowest BCUT2D eigenvalue weighted by atomic mass is 10.1. The van der Waals surface area contributed by atoms with Gasteiger partial charge in [0.15, 0.2) is 11.5 Å². The molecule has 1 aliphatic rings. The minimum Gasteiger partial charge on any atom is -0.490 e. The Kier molecular flexibility index (Phi) is 6.05. The van der Waals surface area contributed by atoms with E-state index in [0.717, 1.165) is 37.7 Å². The van der Waals surface area contributed by atoms with Crippen molar-refractivity contribution in [3.05, 3.63) is 23.8 Å². The molecule has 0 aliphatic carbocycles. The molecule has 0 amide bonds.